The molecule has 0 radical (unpaired) electrons. The van der Waals surface area contributed by atoms with E-state index in [1.807, 2.05) is 11.8 Å². The molecule has 2 fully saturated rings. The van der Waals surface area contributed by atoms with Gasteiger partial charge in [0.1, 0.15) is 6.04 Å². The van der Waals surface area contributed by atoms with Crippen molar-refractivity contribution in [3.63, 3.8) is 0 Å². The van der Waals surface area contributed by atoms with Crippen molar-refractivity contribution in [1.29, 1.82) is 0 Å². The standard InChI is InChI=1S/C14H24N2O2/c1-3-12-14(18)15-8-13(17)16(12)9-11-7-5-4-6-10(11)2/h10-12H,3-9H2,1-2H3,(H,15,18). The highest BCUT2D eigenvalue weighted by Crippen LogP contribution is 2.31. The molecule has 1 saturated carbocycles. The zero-order chi connectivity index (χ0) is 13.1. The van der Waals surface area contributed by atoms with Gasteiger partial charge in [0.05, 0.1) is 6.54 Å². The zero-order valence-corrected chi connectivity index (χ0v) is 11.4. The first-order valence-electron chi connectivity index (χ1n) is 7.20. The third kappa shape index (κ3) is 2.68. The predicted molar refractivity (Wildman–Crippen MR) is 69.9 cm³/mol. The summed E-state index contributed by atoms with van der Waals surface area (Å²) in [5.74, 6) is 1.34. The minimum Gasteiger partial charge on any atom is -0.345 e. The molecular weight excluding hydrogens is 228 g/mol. The number of nitrogens with one attached hydrogen (secondary N) is 1. The summed E-state index contributed by atoms with van der Waals surface area (Å²) in [4.78, 5) is 25.6. The SMILES string of the molecule is CCC1C(=O)NCC(=O)N1CC1CCCCC1C. The second-order valence-electron chi connectivity index (χ2n) is 5.71. The van der Waals surface area contributed by atoms with Gasteiger partial charge in [-0.05, 0) is 24.7 Å². The van der Waals surface area contributed by atoms with Gasteiger partial charge in [-0.25, -0.2) is 0 Å². The van der Waals surface area contributed by atoms with Gasteiger partial charge in [0.2, 0.25) is 11.8 Å². The summed E-state index contributed by atoms with van der Waals surface area (Å²) < 4.78 is 0. The number of amides is 2. The molecule has 3 atom stereocenters. The molecule has 4 nitrogen and oxygen atoms in total. The Kier molecular flexibility index (Phi) is 4.25. The largest absolute Gasteiger partial charge is 0.345 e. The van der Waals surface area contributed by atoms with E-state index in [1.54, 1.807) is 0 Å². The van der Waals surface area contributed by atoms with E-state index in [1.165, 1.54) is 25.7 Å². The molecule has 3 unspecified atom stereocenters. The first kappa shape index (κ1) is 13.4. The minimum absolute atomic E-state index is 0.0144. The van der Waals surface area contributed by atoms with Crippen LogP contribution in [0.1, 0.15) is 46.0 Å². The lowest BCUT2D eigenvalue weighted by Crippen LogP contribution is -2.59. The molecule has 1 aliphatic heterocycles. The molecule has 0 bridgehead atoms. The molecule has 0 spiro atoms. The van der Waals surface area contributed by atoms with E-state index >= 15 is 0 Å². The lowest BCUT2D eigenvalue weighted by molar-refractivity contribution is -0.146. The Balaban J connectivity index is 2.04. The van der Waals surface area contributed by atoms with Crippen LogP contribution in [0.2, 0.25) is 0 Å². The van der Waals surface area contributed by atoms with Crippen LogP contribution in [0.15, 0.2) is 0 Å². The molecule has 2 aliphatic rings. The number of carbonyl (C=O) groups excluding carboxylic acids is 2. The lowest BCUT2D eigenvalue weighted by Gasteiger charge is -2.39. The Morgan fingerprint density at radius 2 is 2.00 bits per heavy atom. The molecule has 18 heavy (non-hydrogen) atoms. The van der Waals surface area contributed by atoms with Crippen molar-refractivity contribution in [2.24, 2.45) is 11.8 Å². The van der Waals surface area contributed by atoms with Crippen LogP contribution in [0.3, 0.4) is 0 Å². The highest BCUT2D eigenvalue weighted by molar-refractivity contribution is 5.94. The topological polar surface area (TPSA) is 49.4 Å². The summed E-state index contributed by atoms with van der Waals surface area (Å²) in [7, 11) is 0. The first-order valence-corrected chi connectivity index (χ1v) is 7.20. The van der Waals surface area contributed by atoms with E-state index < -0.39 is 0 Å². The number of rotatable bonds is 3. The Bertz CT molecular complexity index is 330. The summed E-state index contributed by atoms with van der Waals surface area (Å²) >= 11 is 0. The molecule has 0 aromatic carbocycles. The van der Waals surface area contributed by atoms with E-state index in [-0.39, 0.29) is 24.4 Å². The van der Waals surface area contributed by atoms with Crippen LogP contribution in [0.5, 0.6) is 0 Å². The normalized spacial score (nSPS) is 33.4. The molecule has 102 valence electrons. The van der Waals surface area contributed by atoms with Gasteiger partial charge in [-0.15, -0.1) is 0 Å². The fourth-order valence-electron chi connectivity index (χ4n) is 3.25. The molecule has 1 N–H and O–H groups in total. The molecule has 1 saturated heterocycles. The molecule has 4 heteroatoms. The Labute approximate surface area is 109 Å². The highest BCUT2D eigenvalue weighted by Gasteiger charge is 2.35. The van der Waals surface area contributed by atoms with Crippen molar-refractivity contribution in [3.8, 4) is 0 Å². The third-order valence-electron chi connectivity index (χ3n) is 4.52. The number of nitrogens with zero attached hydrogens (tertiary/aromatic N) is 1. The maximum absolute atomic E-state index is 12.0. The third-order valence-corrected chi connectivity index (χ3v) is 4.52. The van der Waals surface area contributed by atoms with Crippen LogP contribution in [0.25, 0.3) is 0 Å². The van der Waals surface area contributed by atoms with Gasteiger partial charge in [0.15, 0.2) is 0 Å². The number of hydrogen-bond acceptors (Lipinski definition) is 2. The maximum atomic E-state index is 12.0. The van der Waals surface area contributed by atoms with Crippen molar-refractivity contribution in [2.75, 3.05) is 13.1 Å². The van der Waals surface area contributed by atoms with Crippen molar-refractivity contribution in [1.82, 2.24) is 10.2 Å². The summed E-state index contributed by atoms with van der Waals surface area (Å²) in [6.07, 6.45) is 5.74. The Morgan fingerprint density at radius 3 is 2.67 bits per heavy atom. The zero-order valence-electron chi connectivity index (χ0n) is 11.4. The second-order valence-corrected chi connectivity index (χ2v) is 5.71. The van der Waals surface area contributed by atoms with Gasteiger partial charge < -0.3 is 10.2 Å². The molecular formula is C14H24N2O2. The predicted octanol–water partition coefficient (Wildman–Crippen LogP) is 1.55. The number of hydrogen-bond donors (Lipinski definition) is 1. The fourth-order valence-corrected chi connectivity index (χ4v) is 3.25. The quantitative estimate of drug-likeness (QED) is 0.828. The van der Waals surface area contributed by atoms with Gasteiger partial charge in [0.25, 0.3) is 0 Å². The minimum atomic E-state index is -0.250. The summed E-state index contributed by atoms with van der Waals surface area (Å²) in [6.45, 7) is 5.20. The van der Waals surface area contributed by atoms with Crippen LogP contribution in [0, 0.1) is 11.8 Å². The Morgan fingerprint density at radius 1 is 1.28 bits per heavy atom. The van der Waals surface area contributed by atoms with Gasteiger partial charge in [-0.2, -0.15) is 0 Å². The molecule has 1 heterocycles. The number of piperazine rings is 1. The van der Waals surface area contributed by atoms with Gasteiger partial charge >= 0.3 is 0 Å². The van der Waals surface area contributed by atoms with Crippen LogP contribution in [0.4, 0.5) is 0 Å². The average Bonchev–Trinajstić information content (AvgIpc) is 2.37. The van der Waals surface area contributed by atoms with Crippen LogP contribution >= 0.6 is 0 Å². The highest BCUT2D eigenvalue weighted by atomic mass is 16.2. The second kappa shape index (κ2) is 5.72. The van der Waals surface area contributed by atoms with E-state index in [9.17, 15) is 9.59 Å². The van der Waals surface area contributed by atoms with Gasteiger partial charge in [0, 0.05) is 6.54 Å². The average molecular weight is 252 g/mol. The van der Waals surface area contributed by atoms with Crippen molar-refractivity contribution in [2.45, 2.75) is 52.0 Å². The summed E-state index contributed by atoms with van der Waals surface area (Å²) in [5, 5.41) is 2.68. The molecule has 1 aliphatic carbocycles. The van der Waals surface area contributed by atoms with Crippen molar-refractivity contribution in [3.05, 3.63) is 0 Å². The Hall–Kier alpha value is -1.06. The smallest absolute Gasteiger partial charge is 0.243 e. The van der Waals surface area contributed by atoms with E-state index in [0.29, 0.717) is 18.3 Å². The number of carbonyl (C=O) groups is 2. The summed E-state index contributed by atoms with van der Waals surface area (Å²) in [6, 6.07) is -0.250. The van der Waals surface area contributed by atoms with Crippen LogP contribution < -0.4 is 5.32 Å². The molecule has 0 aromatic heterocycles. The molecule has 2 rings (SSSR count). The maximum Gasteiger partial charge on any atom is 0.243 e. The van der Waals surface area contributed by atoms with Crippen molar-refractivity contribution >= 4 is 11.8 Å². The fraction of sp³-hybridized carbons (Fsp3) is 0.857. The van der Waals surface area contributed by atoms with Crippen LogP contribution in [-0.4, -0.2) is 35.8 Å². The molecule has 0 aromatic rings. The summed E-state index contributed by atoms with van der Waals surface area (Å²) in [5.41, 5.74) is 0. The van der Waals surface area contributed by atoms with Gasteiger partial charge in [-0.1, -0.05) is 33.1 Å². The molecule has 2 amide bonds. The monoisotopic (exact) mass is 252 g/mol. The van der Waals surface area contributed by atoms with Crippen LogP contribution in [-0.2, 0) is 9.59 Å². The van der Waals surface area contributed by atoms with E-state index in [0.717, 1.165) is 6.54 Å². The van der Waals surface area contributed by atoms with E-state index in [4.69, 9.17) is 0 Å². The van der Waals surface area contributed by atoms with E-state index in [2.05, 4.69) is 12.2 Å². The van der Waals surface area contributed by atoms with Gasteiger partial charge in [-0.3, -0.25) is 9.59 Å². The van der Waals surface area contributed by atoms with Crippen molar-refractivity contribution < 1.29 is 9.59 Å². The first-order chi connectivity index (χ1) is 8.63. The lowest BCUT2D eigenvalue weighted by atomic mass is 9.80.